The van der Waals surface area contributed by atoms with Gasteiger partial charge in [0.15, 0.2) is 0 Å². The van der Waals surface area contributed by atoms with E-state index in [4.69, 9.17) is 4.74 Å². The fraction of sp³-hybridized carbons (Fsp3) is 0.385. The Morgan fingerprint density at radius 3 is 2.59 bits per heavy atom. The van der Waals surface area contributed by atoms with Crippen molar-refractivity contribution in [2.45, 2.75) is 25.9 Å². The molecule has 1 amide bonds. The molecule has 4 heteroatoms. The molecule has 1 fully saturated rings. The lowest BCUT2D eigenvalue weighted by atomic mass is 10.0. The zero-order valence-corrected chi connectivity index (χ0v) is 9.92. The molecular weight excluding hydrogens is 218 g/mol. The monoisotopic (exact) mass is 233 g/mol. The van der Waals surface area contributed by atoms with Crippen molar-refractivity contribution in [3.63, 3.8) is 0 Å². The molecule has 0 saturated carbocycles. The van der Waals surface area contributed by atoms with Gasteiger partial charge >= 0.3 is 5.97 Å². The van der Waals surface area contributed by atoms with E-state index in [0.717, 1.165) is 5.56 Å². The number of rotatable bonds is 1. The zero-order chi connectivity index (χ0) is 12.4. The van der Waals surface area contributed by atoms with Gasteiger partial charge in [-0.25, -0.2) is 4.79 Å². The average molecular weight is 233 g/mol. The first-order valence-corrected chi connectivity index (χ1v) is 5.61. The van der Waals surface area contributed by atoms with Crippen LogP contribution in [0, 0.1) is 0 Å². The first kappa shape index (κ1) is 11.6. The quantitative estimate of drug-likeness (QED) is 0.691. The highest BCUT2D eigenvalue weighted by Gasteiger charge is 2.37. The normalized spacial score (nSPS) is 24.4. The van der Waals surface area contributed by atoms with E-state index in [-0.39, 0.29) is 24.5 Å². The van der Waals surface area contributed by atoms with Crippen molar-refractivity contribution in [1.82, 2.24) is 4.90 Å². The molecule has 0 radical (unpaired) electrons. The van der Waals surface area contributed by atoms with Gasteiger partial charge in [0.2, 0.25) is 5.91 Å². The van der Waals surface area contributed by atoms with E-state index >= 15 is 0 Å². The molecule has 0 bridgehead atoms. The van der Waals surface area contributed by atoms with Crippen molar-refractivity contribution < 1.29 is 14.3 Å². The van der Waals surface area contributed by atoms with E-state index in [9.17, 15) is 9.59 Å². The molecule has 0 N–H and O–H groups in total. The molecule has 0 spiro atoms. The largest absolute Gasteiger partial charge is 0.462 e. The smallest absolute Gasteiger partial charge is 0.328 e. The molecule has 0 aromatic heterocycles. The molecule has 2 rings (SSSR count). The summed E-state index contributed by atoms with van der Waals surface area (Å²) in [5, 5.41) is 0. The van der Waals surface area contributed by atoms with Gasteiger partial charge in [-0.15, -0.1) is 0 Å². The molecule has 0 aliphatic carbocycles. The minimum atomic E-state index is -0.522. The van der Waals surface area contributed by atoms with Crippen molar-refractivity contribution in [2.75, 3.05) is 6.61 Å². The molecule has 0 unspecified atom stereocenters. The molecule has 1 heterocycles. The minimum Gasteiger partial charge on any atom is -0.462 e. The predicted molar refractivity (Wildman–Crippen MR) is 62.1 cm³/mol. The third kappa shape index (κ3) is 2.16. The number of ether oxygens (including phenoxy) is 1. The summed E-state index contributed by atoms with van der Waals surface area (Å²) in [6.07, 6.45) is 0. The maximum atomic E-state index is 11.7. The van der Waals surface area contributed by atoms with E-state index in [1.54, 1.807) is 11.8 Å². The molecule has 1 aliphatic heterocycles. The zero-order valence-electron chi connectivity index (χ0n) is 9.92. The Morgan fingerprint density at radius 2 is 2.00 bits per heavy atom. The second-order valence-electron chi connectivity index (χ2n) is 4.16. The van der Waals surface area contributed by atoms with Crippen molar-refractivity contribution in [3.8, 4) is 0 Å². The van der Waals surface area contributed by atoms with Crippen LogP contribution in [0.3, 0.4) is 0 Å². The Labute approximate surface area is 100 Å². The number of hydrogen-bond donors (Lipinski definition) is 0. The Balaban J connectivity index is 2.33. The fourth-order valence-electron chi connectivity index (χ4n) is 2.17. The highest BCUT2D eigenvalue weighted by molar-refractivity contribution is 5.84. The standard InChI is InChI=1S/C13H15NO3/c1-9-13(16)17-8-12(14(9)10(2)15)11-6-4-3-5-7-11/h3-7,9,12H,8H2,1-2H3/t9-,12-/m0/s1. The molecular formula is C13H15NO3. The number of morpholine rings is 1. The van der Waals surface area contributed by atoms with Gasteiger partial charge in [-0.1, -0.05) is 30.3 Å². The molecule has 17 heavy (non-hydrogen) atoms. The summed E-state index contributed by atoms with van der Waals surface area (Å²) < 4.78 is 5.10. The maximum absolute atomic E-state index is 11.7. The number of benzene rings is 1. The molecule has 1 aromatic carbocycles. The Kier molecular flexibility index (Phi) is 3.13. The van der Waals surface area contributed by atoms with Crippen LogP contribution in [0.15, 0.2) is 30.3 Å². The minimum absolute atomic E-state index is 0.108. The summed E-state index contributed by atoms with van der Waals surface area (Å²) in [5.74, 6) is -0.449. The Hall–Kier alpha value is -1.84. The van der Waals surface area contributed by atoms with Crippen LogP contribution in [0.25, 0.3) is 0 Å². The lowest BCUT2D eigenvalue weighted by Crippen LogP contribution is -2.51. The van der Waals surface area contributed by atoms with Gasteiger partial charge in [0.25, 0.3) is 0 Å². The van der Waals surface area contributed by atoms with Crippen molar-refractivity contribution >= 4 is 11.9 Å². The van der Waals surface area contributed by atoms with Crippen molar-refractivity contribution in [1.29, 1.82) is 0 Å². The molecule has 1 aliphatic rings. The first-order valence-electron chi connectivity index (χ1n) is 5.61. The van der Waals surface area contributed by atoms with Crippen LogP contribution in [-0.2, 0) is 14.3 Å². The third-order valence-electron chi connectivity index (χ3n) is 3.03. The summed E-state index contributed by atoms with van der Waals surface area (Å²) in [7, 11) is 0. The number of esters is 1. The average Bonchev–Trinajstić information content (AvgIpc) is 2.33. The van der Waals surface area contributed by atoms with Crippen LogP contribution in [0.5, 0.6) is 0 Å². The first-order chi connectivity index (χ1) is 8.11. The predicted octanol–water partition coefficient (Wildman–Crippen LogP) is 1.52. The molecule has 1 aromatic rings. The van der Waals surface area contributed by atoms with Crippen LogP contribution < -0.4 is 0 Å². The van der Waals surface area contributed by atoms with Crippen LogP contribution in [0.2, 0.25) is 0 Å². The second kappa shape index (κ2) is 4.57. The highest BCUT2D eigenvalue weighted by atomic mass is 16.5. The van der Waals surface area contributed by atoms with Crippen molar-refractivity contribution in [3.05, 3.63) is 35.9 Å². The highest BCUT2D eigenvalue weighted by Crippen LogP contribution is 2.27. The van der Waals surface area contributed by atoms with E-state index < -0.39 is 6.04 Å². The molecule has 1 saturated heterocycles. The molecule has 2 atom stereocenters. The van der Waals surface area contributed by atoms with E-state index in [1.165, 1.54) is 6.92 Å². The number of amides is 1. The maximum Gasteiger partial charge on any atom is 0.328 e. The topological polar surface area (TPSA) is 46.6 Å². The van der Waals surface area contributed by atoms with Crippen LogP contribution >= 0.6 is 0 Å². The van der Waals surface area contributed by atoms with Crippen LogP contribution in [0.1, 0.15) is 25.5 Å². The van der Waals surface area contributed by atoms with Gasteiger partial charge in [0.1, 0.15) is 12.6 Å². The summed E-state index contributed by atoms with van der Waals surface area (Å²) in [6.45, 7) is 3.40. The lowest BCUT2D eigenvalue weighted by molar-refractivity contribution is -0.168. The summed E-state index contributed by atoms with van der Waals surface area (Å²) in [4.78, 5) is 24.7. The second-order valence-corrected chi connectivity index (χ2v) is 4.16. The SMILES string of the molecule is CC(=O)N1[C@@H](C)C(=O)OC[C@H]1c1ccccc1. The number of nitrogens with zero attached hydrogens (tertiary/aromatic N) is 1. The van der Waals surface area contributed by atoms with Gasteiger partial charge in [-0.05, 0) is 12.5 Å². The van der Waals surface area contributed by atoms with Gasteiger partial charge in [-0.3, -0.25) is 4.79 Å². The van der Waals surface area contributed by atoms with Gasteiger partial charge in [-0.2, -0.15) is 0 Å². The van der Waals surface area contributed by atoms with Crippen LogP contribution in [-0.4, -0.2) is 29.4 Å². The number of hydrogen-bond acceptors (Lipinski definition) is 3. The Morgan fingerprint density at radius 1 is 1.35 bits per heavy atom. The summed E-state index contributed by atoms with van der Waals surface area (Å²) in [5.41, 5.74) is 0.988. The van der Waals surface area contributed by atoms with Gasteiger partial charge in [0.05, 0.1) is 6.04 Å². The summed E-state index contributed by atoms with van der Waals surface area (Å²) in [6, 6.07) is 8.91. The van der Waals surface area contributed by atoms with Crippen molar-refractivity contribution in [2.24, 2.45) is 0 Å². The van der Waals surface area contributed by atoms with E-state index in [2.05, 4.69) is 0 Å². The lowest BCUT2D eigenvalue weighted by Gasteiger charge is -2.38. The van der Waals surface area contributed by atoms with E-state index in [1.807, 2.05) is 30.3 Å². The van der Waals surface area contributed by atoms with Gasteiger partial charge in [0, 0.05) is 6.92 Å². The summed E-state index contributed by atoms with van der Waals surface area (Å²) >= 11 is 0. The number of cyclic esters (lactones) is 1. The Bertz CT molecular complexity index is 430. The van der Waals surface area contributed by atoms with Gasteiger partial charge < -0.3 is 9.64 Å². The fourth-order valence-corrected chi connectivity index (χ4v) is 2.17. The third-order valence-corrected chi connectivity index (χ3v) is 3.03. The number of carbonyl (C=O) groups excluding carboxylic acids is 2. The van der Waals surface area contributed by atoms with E-state index in [0.29, 0.717) is 0 Å². The molecule has 4 nitrogen and oxygen atoms in total. The number of carbonyl (C=O) groups is 2. The molecule has 90 valence electrons. The van der Waals surface area contributed by atoms with Crippen LogP contribution in [0.4, 0.5) is 0 Å².